The van der Waals surface area contributed by atoms with Gasteiger partial charge >= 0.3 is 0 Å². The van der Waals surface area contributed by atoms with Crippen LogP contribution in [0.1, 0.15) is 37.7 Å². The number of rotatable bonds is 6. The Morgan fingerprint density at radius 2 is 1.94 bits per heavy atom. The van der Waals surface area contributed by atoms with Crippen LogP contribution in [0.3, 0.4) is 0 Å². The predicted octanol–water partition coefficient (Wildman–Crippen LogP) is 4.58. The van der Waals surface area contributed by atoms with Crippen LogP contribution in [0, 0.1) is 11.6 Å². The van der Waals surface area contributed by atoms with Crippen molar-refractivity contribution in [2.45, 2.75) is 44.7 Å². The molecule has 0 radical (unpaired) electrons. The van der Waals surface area contributed by atoms with Crippen LogP contribution >= 0.6 is 0 Å². The van der Waals surface area contributed by atoms with Gasteiger partial charge in [-0.2, -0.15) is 0 Å². The van der Waals surface area contributed by atoms with Crippen molar-refractivity contribution in [2.24, 2.45) is 0 Å². The Morgan fingerprint density at radius 3 is 2.65 bits per heavy atom. The molecule has 162 valence electrons. The number of nitrogens with zero attached hydrogens (tertiary/aromatic N) is 1. The molecule has 2 aromatic carbocycles. The van der Waals surface area contributed by atoms with Gasteiger partial charge in [0.05, 0.1) is 19.6 Å². The number of carbonyl (C=O) groups excluding carboxylic acids is 2. The molecule has 0 bridgehead atoms. The Labute approximate surface area is 179 Å². The third-order valence-electron chi connectivity index (χ3n) is 5.90. The molecule has 1 heterocycles. The molecule has 1 aliphatic heterocycles. The molecule has 2 aliphatic rings. The molecule has 2 amide bonds. The Hall–Kier alpha value is -3.22. The highest BCUT2D eigenvalue weighted by atomic mass is 19.1. The summed E-state index contributed by atoms with van der Waals surface area (Å²) in [6.07, 6.45) is 3.59. The number of hydrogen-bond acceptors (Lipinski definition) is 3. The molecular weight excluding hydrogens is 402 g/mol. The van der Waals surface area contributed by atoms with Crippen molar-refractivity contribution in [3.63, 3.8) is 0 Å². The van der Waals surface area contributed by atoms with Crippen molar-refractivity contribution >= 4 is 17.5 Å². The summed E-state index contributed by atoms with van der Waals surface area (Å²) in [6, 6.07) is 10.3. The highest BCUT2D eigenvalue weighted by molar-refractivity contribution is 6.04. The van der Waals surface area contributed by atoms with E-state index < -0.39 is 5.82 Å². The zero-order valence-electron chi connectivity index (χ0n) is 17.3. The number of halogens is 2. The van der Waals surface area contributed by atoms with Crippen molar-refractivity contribution < 1.29 is 23.1 Å². The van der Waals surface area contributed by atoms with Crippen LogP contribution in [-0.4, -0.2) is 29.9 Å². The van der Waals surface area contributed by atoms with Gasteiger partial charge in [-0.3, -0.25) is 9.59 Å². The largest absolute Gasteiger partial charge is 0.494 e. The first-order valence-corrected chi connectivity index (χ1v) is 10.4. The molecule has 1 N–H and O–H groups in total. The van der Waals surface area contributed by atoms with E-state index >= 15 is 0 Å². The average Bonchev–Trinajstić information content (AvgIpc) is 3.01. The van der Waals surface area contributed by atoms with Crippen LogP contribution < -0.4 is 10.1 Å². The normalized spacial score (nSPS) is 18.2. The summed E-state index contributed by atoms with van der Waals surface area (Å²) in [5.74, 6) is -1.32. The Kier molecular flexibility index (Phi) is 6.02. The Balaban J connectivity index is 1.49. The zero-order valence-corrected chi connectivity index (χ0v) is 17.3. The molecule has 1 saturated carbocycles. The summed E-state index contributed by atoms with van der Waals surface area (Å²) < 4.78 is 32.0. The van der Waals surface area contributed by atoms with Gasteiger partial charge in [0, 0.05) is 23.9 Å². The second-order valence-corrected chi connectivity index (χ2v) is 7.90. The molecule has 1 aliphatic carbocycles. The lowest BCUT2D eigenvalue weighted by Crippen LogP contribution is -2.36. The topological polar surface area (TPSA) is 58.6 Å². The van der Waals surface area contributed by atoms with Gasteiger partial charge in [0.15, 0.2) is 11.6 Å². The molecule has 5 nitrogen and oxygen atoms in total. The Morgan fingerprint density at radius 1 is 1.16 bits per heavy atom. The third-order valence-corrected chi connectivity index (χ3v) is 5.90. The van der Waals surface area contributed by atoms with Crippen molar-refractivity contribution in [1.82, 2.24) is 4.90 Å². The van der Waals surface area contributed by atoms with Crippen LogP contribution in [0.5, 0.6) is 5.75 Å². The maximum Gasteiger partial charge on any atom is 0.251 e. The number of methoxy groups -OCH3 is 1. The van der Waals surface area contributed by atoms with Crippen molar-refractivity contribution in [3.05, 3.63) is 70.8 Å². The maximum absolute atomic E-state index is 13.9. The number of anilines is 1. The average molecular weight is 426 g/mol. The van der Waals surface area contributed by atoms with Gasteiger partial charge in [-0.05, 0) is 54.7 Å². The van der Waals surface area contributed by atoms with Crippen LogP contribution in [0.15, 0.2) is 53.6 Å². The van der Waals surface area contributed by atoms with E-state index in [2.05, 4.69) is 5.32 Å². The van der Waals surface area contributed by atoms with Gasteiger partial charge in [0.25, 0.3) is 5.91 Å². The smallest absolute Gasteiger partial charge is 0.251 e. The van der Waals surface area contributed by atoms with E-state index in [0.717, 1.165) is 36.8 Å². The predicted molar refractivity (Wildman–Crippen MR) is 112 cm³/mol. The maximum atomic E-state index is 13.9. The summed E-state index contributed by atoms with van der Waals surface area (Å²) in [5, 5.41) is 2.67. The second kappa shape index (κ2) is 8.88. The van der Waals surface area contributed by atoms with Crippen LogP contribution in [0.2, 0.25) is 0 Å². The molecule has 0 spiro atoms. The quantitative estimate of drug-likeness (QED) is 0.735. The van der Waals surface area contributed by atoms with E-state index in [-0.39, 0.29) is 35.8 Å². The molecule has 4 rings (SSSR count). The summed E-state index contributed by atoms with van der Waals surface area (Å²) >= 11 is 0. The van der Waals surface area contributed by atoms with Gasteiger partial charge in [-0.1, -0.05) is 18.6 Å². The van der Waals surface area contributed by atoms with Crippen molar-refractivity contribution in [1.29, 1.82) is 0 Å². The molecular formula is C24H24F2N2O3. The number of nitrogens with one attached hydrogen (secondary N) is 1. The van der Waals surface area contributed by atoms with Gasteiger partial charge in [-0.25, -0.2) is 8.78 Å². The summed E-state index contributed by atoms with van der Waals surface area (Å²) in [7, 11) is 1.37. The highest BCUT2D eigenvalue weighted by Crippen LogP contribution is 2.39. The third kappa shape index (κ3) is 4.45. The lowest BCUT2D eigenvalue weighted by atomic mass is 9.88. The molecule has 1 fully saturated rings. The van der Waals surface area contributed by atoms with Gasteiger partial charge in [0.2, 0.25) is 5.91 Å². The lowest BCUT2D eigenvalue weighted by molar-refractivity contribution is -0.129. The van der Waals surface area contributed by atoms with Crippen LogP contribution in [0.4, 0.5) is 14.5 Å². The van der Waals surface area contributed by atoms with E-state index in [4.69, 9.17) is 4.74 Å². The zero-order chi connectivity index (χ0) is 22.0. The number of benzene rings is 2. The summed E-state index contributed by atoms with van der Waals surface area (Å²) in [4.78, 5) is 27.6. The summed E-state index contributed by atoms with van der Waals surface area (Å²) in [5.41, 5.74) is 2.70. The second-order valence-electron chi connectivity index (χ2n) is 7.90. The number of amides is 2. The molecule has 7 heteroatoms. The number of hydrogen-bond donors (Lipinski definition) is 1. The van der Waals surface area contributed by atoms with Gasteiger partial charge in [0.1, 0.15) is 5.82 Å². The van der Waals surface area contributed by atoms with Gasteiger partial charge in [-0.15, -0.1) is 0 Å². The molecule has 0 aromatic heterocycles. The van der Waals surface area contributed by atoms with Crippen molar-refractivity contribution in [3.8, 4) is 5.75 Å². The monoisotopic (exact) mass is 426 g/mol. The minimum Gasteiger partial charge on any atom is -0.494 e. The minimum atomic E-state index is -0.572. The molecule has 1 unspecified atom stereocenters. The molecule has 1 atom stereocenters. The first kappa shape index (κ1) is 21.0. The first-order valence-electron chi connectivity index (χ1n) is 10.4. The fourth-order valence-electron chi connectivity index (χ4n) is 4.41. The van der Waals surface area contributed by atoms with Crippen LogP contribution in [0.25, 0.3) is 0 Å². The number of ether oxygens (including phenoxy) is 1. The van der Waals surface area contributed by atoms with E-state index in [0.29, 0.717) is 17.8 Å². The highest BCUT2D eigenvalue weighted by Gasteiger charge is 2.40. The number of fused-ring (bicyclic) bond motifs is 1. The van der Waals surface area contributed by atoms with Crippen molar-refractivity contribution in [2.75, 3.05) is 12.4 Å². The number of carbonyl (C=O) groups is 2. The van der Waals surface area contributed by atoms with E-state index in [1.807, 2.05) is 0 Å². The van der Waals surface area contributed by atoms with E-state index in [1.165, 1.54) is 31.4 Å². The SMILES string of the molecule is COc1ccc(NC(=O)CC2=C3CCCCC3N(Cc3ccc(F)cc3)C2=O)cc1F. The fourth-order valence-corrected chi connectivity index (χ4v) is 4.41. The Bertz CT molecular complexity index is 1030. The van der Waals surface area contributed by atoms with Gasteiger partial charge < -0.3 is 15.0 Å². The van der Waals surface area contributed by atoms with Crippen LogP contribution in [-0.2, 0) is 16.1 Å². The lowest BCUT2D eigenvalue weighted by Gasteiger charge is -2.30. The minimum absolute atomic E-state index is 0.0208. The molecule has 2 aromatic rings. The molecule has 0 saturated heterocycles. The fraction of sp³-hybridized carbons (Fsp3) is 0.333. The first-order chi connectivity index (χ1) is 15.0. The van der Waals surface area contributed by atoms with E-state index in [9.17, 15) is 18.4 Å². The standard InChI is InChI=1S/C24H24F2N2O3/c1-31-22-11-10-17(12-20(22)26)27-23(29)13-19-18-4-2-3-5-21(18)28(24(19)30)14-15-6-8-16(25)9-7-15/h6-12,21H,2-5,13-14H2,1H3,(H,27,29). The molecule has 31 heavy (non-hydrogen) atoms. The summed E-state index contributed by atoms with van der Waals surface area (Å²) in [6.45, 7) is 0.377. The van der Waals surface area contributed by atoms with E-state index in [1.54, 1.807) is 23.1 Å².